The van der Waals surface area contributed by atoms with Gasteiger partial charge in [-0.05, 0) is 12.8 Å². The highest BCUT2D eigenvalue weighted by atomic mass is 32.1. The highest BCUT2D eigenvalue weighted by molar-refractivity contribution is 7.11. The molecule has 0 fully saturated rings. The molecule has 1 aromatic rings. The van der Waals surface area contributed by atoms with Gasteiger partial charge in [-0.3, -0.25) is 0 Å². The lowest BCUT2D eigenvalue weighted by molar-refractivity contribution is 0.639. The first-order valence-electron chi connectivity index (χ1n) is 5.41. The van der Waals surface area contributed by atoms with Crippen molar-refractivity contribution < 1.29 is 0 Å². The molecule has 0 bridgehead atoms. The monoisotopic (exact) mass is 224 g/mol. The molecule has 0 aliphatic carbocycles. The predicted octanol–water partition coefficient (Wildman–Crippen LogP) is 3.01. The van der Waals surface area contributed by atoms with Gasteiger partial charge < -0.3 is 5.32 Å². The zero-order chi connectivity index (χ0) is 11.3. The average Bonchev–Trinajstić information content (AvgIpc) is 2.61. The van der Waals surface area contributed by atoms with Gasteiger partial charge in [0.1, 0.15) is 0 Å². The number of nitrogens with zero attached hydrogens (tertiary/aromatic N) is 1. The summed E-state index contributed by atoms with van der Waals surface area (Å²) in [6.45, 7) is 11.2. The van der Waals surface area contributed by atoms with Crippen LogP contribution >= 0.6 is 11.3 Å². The summed E-state index contributed by atoms with van der Waals surface area (Å²) in [7, 11) is 0. The molecule has 84 valence electrons. The second kappa shape index (κ2) is 6.03. The summed E-state index contributed by atoms with van der Waals surface area (Å²) in [4.78, 5) is 5.72. The summed E-state index contributed by atoms with van der Waals surface area (Å²) >= 11 is 1.81. The minimum absolute atomic E-state index is 0.362. The fourth-order valence-corrected chi connectivity index (χ4v) is 2.30. The van der Waals surface area contributed by atoms with Crippen LogP contribution in [0, 0.1) is 5.92 Å². The van der Waals surface area contributed by atoms with Gasteiger partial charge in [-0.1, -0.05) is 19.9 Å². The Balaban J connectivity index is 2.42. The van der Waals surface area contributed by atoms with E-state index in [0.29, 0.717) is 12.0 Å². The van der Waals surface area contributed by atoms with E-state index in [1.165, 1.54) is 9.88 Å². The van der Waals surface area contributed by atoms with E-state index < -0.39 is 0 Å². The summed E-state index contributed by atoms with van der Waals surface area (Å²) in [5.41, 5.74) is 0. The van der Waals surface area contributed by atoms with E-state index in [1.807, 2.05) is 12.3 Å². The highest BCUT2D eigenvalue weighted by Gasteiger charge is 2.04. The zero-order valence-corrected chi connectivity index (χ0v) is 10.6. The van der Waals surface area contributed by atoms with Gasteiger partial charge in [0.05, 0.1) is 5.01 Å². The van der Waals surface area contributed by atoms with Gasteiger partial charge >= 0.3 is 0 Å². The van der Waals surface area contributed by atoms with Crippen molar-refractivity contribution in [3.8, 4) is 0 Å². The van der Waals surface area contributed by atoms with E-state index in [2.05, 4.69) is 37.7 Å². The van der Waals surface area contributed by atoms with E-state index in [1.54, 1.807) is 11.3 Å². The minimum atomic E-state index is 0.362. The molecule has 1 aromatic heterocycles. The van der Waals surface area contributed by atoms with Crippen LogP contribution in [0.5, 0.6) is 0 Å². The number of rotatable bonds is 6. The quantitative estimate of drug-likeness (QED) is 0.751. The predicted molar refractivity (Wildman–Crippen MR) is 67.2 cm³/mol. The van der Waals surface area contributed by atoms with Crippen molar-refractivity contribution in [2.45, 2.75) is 39.8 Å². The van der Waals surface area contributed by atoms with Crippen LogP contribution in [0.3, 0.4) is 0 Å². The molecule has 3 heteroatoms. The Labute approximate surface area is 96.4 Å². The average molecular weight is 224 g/mol. The SMILES string of the molecule is C=CC(C)NCc1cnc(CC(C)C)s1. The van der Waals surface area contributed by atoms with E-state index in [9.17, 15) is 0 Å². The van der Waals surface area contributed by atoms with Gasteiger partial charge in [0, 0.05) is 30.1 Å². The number of hydrogen-bond acceptors (Lipinski definition) is 3. The van der Waals surface area contributed by atoms with E-state index in [-0.39, 0.29) is 0 Å². The summed E-state index contributed by atoms with van der Waals surface area (Å²) in [6, 6.07) is 0.362. The molecule has 0 aliphatic heterocycles. The van der Waals surface area contributed by atoms with Crippen LogP contribution < -0.4 is 5.32 Å². The molecular formula is C12H20N2S. The molecular weight excluding hydrogens is 204 g/mol. The molecule has 0 amide bonds. The first kappa shape index (κ1) is 12.4. The van der Waals surface area contributed by atoms with Crippen LogP contribution in [0.25, 0.3) is 0 Å². The Morgan fingerprint density at radius 3 is 2.87 bits per heavy atom. The van der Waals surface area contributed by atoms with Crippen LogP contribution in [0.2, 0.25) is 0 Å². The van der Waals surface area contributed by atoms with Crippen molar-refractivity contribution in [3.63, 3.8) is 0 Å². The summed E-state index contributed by atoms with van der Waals surface area (Å²) in [5, 5.41) is 4.61. The Kier molecular flexibility index (Phi) is 4.99. The molecule has 0 spiro atoms. The molecule has 0 saturated heterocycles. The summed E-state index contributed by atoms with van der Waals surface area (Å²) in [6.07, 6.45) is 4.98. The van der Waals surface area contributed by atoms with E-state index >= 15 is 0 Å². The molecule has 1 rings (SSSR count). The van der Waals surface area contributed by atoms with E-state index in [0.717, 1.165) is 13.0 Å². The van der Waals surface area contributed by atoms with Gasteiger partial charge in [-0.25, -0.2) is 4.98 Å². The highest BCUT2D eigenvalue weighted by Crippen LogP contribution is 2.16. The Morgan fingerprint density at radius 1 is 1.53 bits per heavy atom. The van der Waals surface area contributed by atoms with Gasteiger partial charge in [0.25, 0.3) is 0 Å². The van der Waals surface area contributed by atoms with Crippen LogP contribution in [-0.4, -0.2) is 11.0 Å². The maximum absolute atomic E-state index is 4.41. The summed E-state index contributed by atoms with van der Waals surface area (Å²) < 4.78 is 0. The van der Waals surface area contributed by atoms with Crippen molar-refractivity contribution in [3.05, 3.63) is 28.7 Å². The molecule has 15 heavy (non-hydrogen) atoms. The molecule has 1 heterocycles. The third-order valence-corrected chi connectivity index (χ3v) is 3.16. The number of thiazole rings is 1. The van der Waals surface area contributed by atoms with Crippen LogP contribution in [0.4, 0.5) is 0 Å². The minimum Gasteiger partial charge on any atom is -0.306 e. The van der Waals surface area contributed by atoms with Crippen molar-refractivity contribution in [1.29, 1.82) is 0 Å². The largest absolute Gasteiger partial charge is 0.306 e. The topological polar surface area (TPSA) is 24.9 Å². The number of nitrogens with one attached hydrogen (secondary N) is 1. The molecule has 0 aromatic carbocycles. The lowest BCUT2D eigenvalue weighted by atomic mass is 10.1. The fraction of sp³-hybridized carbons (Fsp3) is 0.583. The lowest BCUT2D eigenvalue weighted by Gasteiger charge is -2.06. The molecule has 0 radical (unpaired) electrons. The van der Waals surface area contributed by atoms with Gasteiger partial charge in [-0.15, -0.1) is 17.9 Å². The van der Waals surface area contributed by atoms with Gasteiger partial charge in [0.2, 0.25) is 0 Å². The van der Waals surface area contributed by atoms with Gasteiger partial charge in [0.15, 0.2) is 0 Å². The Morgan fingerprint density at radius 2 is 2.27 bits per heavy atom. The second-order valence-corrected chi connectivity index (χ2v) is 5.42. The second-order valence-electron chi connectivity index (χ2n) is 4.22. The molecule has 2 nitrogen and oxygen atoms in total. The van der Waals surface area contributed by atoms with Crippen LogP contribution in [-0.2, 0) is 13.0 Å². The molecule has 0 saturated carbocycles. The first-order chi connectivity index (χ1) is 7.11. The van der Waals surface area contributed by atoms with Gasteiger partial charge in [-0.2, -0.15) is 0 Å². The van der Waals surface area contributed by atoms with Crippen molar-refractivity contribution >= 4 is 11.3 Å². The molecule has 1 N–H and O–H groups in total. The van der Waals surface area contributed by atoms with Crippen molar-refractivity contribution in [1.82, 2.24) is 10.3 Å². The summed E-state index contributed by atoms with van der Waals surface area (Å²) in [5.74, 6) is 0.684. The van der Waals surface area contributed by atoms with Crippen molar-refractivity contribution in [2.75, 3.05) is 0 Å². The number of hydrogen-bond donors (Lipinski definition) is 1. The van der Waals surface area contributed by atoms with Crippen LogP contribution in [0.15, 0.2) is 18.9 Å². The zero-order valence-electron chi connectivity index (χ0n) is 9.79. The smallest absolute Gasteiger partial charge is 0.0930 e. The lowest BCUT2D eigenvalue weighted by Crippen LogP contribution is -2.22. The third kappa shape index (κ3) is 4.58. The Hall–Kier alpha value is -0.670. The standard InChI is InChI=1S/C12H20N2S/c1-5-10(4)13-7-11-8-14-12(15-11)6-9(2)3/h5,8-10,13H,1,6-7H2,2-4H3. The maximum atomic E-state index is 4.41. The molecule has 1 atom stereocenters. The molecule has 1 unspecified atom stereocenters. The van der Waals surface area contributed by atoms with Crippen LogP contribution in [0.1, 0.15) is 30.7 Å². The maximum Gasteiger partial charge on any atom is 0.0930 e. The molecule has 0 aliphatic rings. The van der Waals surface area contributed by atoms with Crippen molar-refractivity contribution in [2.24, 2.45) is 5.92 Å². The number of aromatic nitrogens is 1. The van der Waals surface area contributed by atoms with E-state index in [4.69, 9.17) is 0 Å². The normalized spacial score (nSPS) is 13.1. The fourth-order valence-electron chi connectivity index (χ4n) is 1.22. The Bertz CT molecular complexity index is 304. The third-order valence-electron chi connectivity index (χ3n) is 2.14. The first-order valence-corrected chi connectivity index (χ1v) is 6.23.